The number of nitrogens with zero attached hydrogens (tertiary/aromatic N) is 3. The Morgan fingerprint density at radius 1 is 1.17 bits per heavy atom. The monoisotopic (exact) mass is 468 g/mol. The number of ether oxygens (including phenoxy) is 1. The molecule has 2 aromatic carbocycles. The lowest BCUT2D eigenvalue weighted by Gasteiger charge is -2.07. The van der Waals surface area contributed by atoms with Gasteiger partial charge < -0.3 is 10.1 Å². The first kappa shape index (κ1) is 19.4. The van der Waals surface area contributed by atoms with Crippen molar-refractivity contribution < 1.29 is 9.53 Å². The second-order valence-corrected chi connectivity index (χ2v) is 7.95. The number of thiazole rings is 1. The van der Waals surface area contributed by atoms with Crippen LogP contribution in [0.25, 0.3) is 16.4 Å². The molecule has 0 unspecified atom stereocenters. The number of aryl methyl sites for hydroxylation is 1. The van der Waals surface area contributed by atoms with Gasteiger partial charge in [-0.2, -0.15) is 9.78 Å². The van der Waals surface area contributed by atoms with Crippen LogP contribution in [0.5, 0.6) is 5.75 Å². The molecular weight excluding hydrogens is 452 g/mol. The maximum atomic E-state index is 12.7. The zero-order valence-corrected chi connectivity index (χ0v) is 18.1. The quantitative estimate of drug-likeness (QED) is 0.429. The third-order valence-corrected chi connectivity index (χ3v) is 5.76. The molecular formula is C21H17BrN4O2S. The minimum atomic E-state index is -0.217. The number of nitrogens with one attached hydrogen (secondary N) is 1. The van der Waals surface area contributed by atoms with E-state index < -0.39 is 0 Å². The number of hydrogen-bond acceptors (Lipinski definition) is 5. The average molecular weight is 469 g/mol. The van der Waals surface area contributed by atoms with Gasteiger partial charge in [0.05, 0.1) is 24.1 Å². The van der Waals surface area contributed by atoms with Gasteiger partial charge in [-0.15, -0.1) is 11.3 Å². The lowest BCUT2D eigenvalue weighted by molar-refractivity contribution is 0.102. The molecule has 2 heterocycles. The Bertz CT molecular complexity index is 1170. The summed E-state index contributed by atoms with van der Waals surface area (Å²) in [6.07, 6.45) is 0. The standard InChI is InChI=1S/C21H17BrN4O2S/c1-13-11-19(24-20(27)16-5-3-4-6-17(16)22)26(25-13)21-23-18(12-29-21)14-7-9-15(28-2)10-8-14/h3-12H,1-2H3,(H,24,27). The Balaban J connectivity index is 1.62. The zero-order chi connectivity index (χ0) is 20.4. The second-order valence-electron chi connectivity index (χ2n) is 6.26. The lowest BCUT2D eigenvalue weighted by Crippen LogP contribution is -2.15. The highest BCUT2D eigenvalue weighted by molar-refractivity contribution is 9.10. The van der Waals surface area contributed by atoms with Gasteiger partial charge in [0.2, 0.25) is 5.13 Å². The molecule has 0 saturated carbocycles. The molecule has 0 saturated heterocycles. The fourth-order valence-electron chi connectivity index (χ4n) is 2.82. The molecule has 4 aromatic rings. The topological polar surface area (TPSA) is 69.0 Å². The van der Waals surface area contributed by atoms with Crippen molar-refractivity contribution in [1.29, 1.82) is 0 Å². The molecule has 0 bridgehead atoms. The summed E-state index contributed by atoms with van der Waals surface area (Å²) in [5.74, 6) is 1.15. The lowest BCUT2D eigenvalue weighted by atomic mass is 10.2. The largest absolute Gasteiger partial charge is 0.497 e. The van der Waals surface area contributed by atoms with Gasteiger partial charge in [-0.1, -0.05) is 12.1 Å². The molecule has 0 aliphatic rings. The molecule has 0 fully saturated rings. The number of rotatable bonds is 5. The van der Waals surface area contributed by atoms with Crippen LogP contribution >= 0.6 is 27.3 Å². The number of carbonyl (C=O) groups is 1. The summed E-state index contributed by atoms with van der Waals surface area (Å²) in [5, 5.41) is 10.1. The van der Waals surface area contributed by atoms with Crippen molar-refractivity contribution in [2.45, 2.75) is 6.92 Å². The van der Waals surface area contributed by atoms with Crippen LogP contribution in [0.3, 0.4) is 0 Å². The van der Waals surface area contributed by atoms with Crippen LogP contribution in [0.2, 0.25) is 0 Å². The summed E-state index contributed by atoms with van der Waals surface area (Å²) in [5.41, 5.74) is 3.16. The first-order valence-electron chi connectivity index (χ1n) is 8.78. The van der Waals surface area contributed by atoms with E-state index in [2.05, 4.69) is 26.3 Å². The number of amides is 1. The number of hydrogen-bond donors (Lipinski definition) is 1. The van der Waals surface area contributed by atoms with E-state index in [1.54, 1.807) is 17.9 Å². The van der Waals surface area contributed by atoms with Crippen LogP contribution in [0.4, 0.5) is 5.82 Å². The summed E-state index contributed by atoms with van der Waals surface area (Å²) in [4.78, 5) is 17.4. The van der Waals surface area contributed by atoms with Crippen molar-refractivity contribution in [2.75, 3.05) is 12.4 Å². The van der Waals surface area contributed by atoms with E-state index in [4.69, 9.17) is 9.72 Å². The van der Waals surface area contributed by atoms with Gasteiger partial charge in [-0.25, -0.2) is 4.98 Å². The van der Waals surface area contributed by atoms with Gasteiger partial charge in [0, 0.05) is 21.5 Å². The smallest absolute Gasteiger partial charge is 0.257 e. The highest BCUT2D eigenvalue weighted by Gasteiger charge is 2.16. The first-order valence-corrected chi connectivity index (χ1v) is 10.5. The van der Waals surface area contributed by atoms with Crippen molar-refractivity contribution in [3.8, 4) is 22.1 Å². The maximum absolute atomic E-state index is 12.7. The molecule has 1 amide bonds. The van der Waals surface area contributed by atoms with Crippen molar-refractivity contribution in [3.05, 3.63) is 75.7 Å². The number of methoxy groups -OCH3 is 1. The van der Waals surface area contributed by atoms with Crippen LogP contribution in [0.15, 0.2) is 64.5 Å². The molecule has 4 rings (SSSR count). The molecule has 0 aliphatic carbocycles. The molecule has 29 heavy (non-hydrogen) atoms. The summed E-state index contributed by atoms with van der Waals surface area (Å²) < 4.78 is 7.59. The highest BCUT2D eigenvalue weighted by Crippen LogP contribution is 2.28. The van der Waals surface area contributed by atoms with Crippen molar-refractivity contribution in [1.82, 2.24) is 14.8 Å². The minimum absolute atomic E-state index is 0.217. The van der Waals surface area contributed by atoms with Gasteiger partial charge in [-0.3, -0.25) is 4.79 Å². The molecule has 2 aromatic heterocycles. The van der Waals surface area contributed by atoms with Crippen molar-refractivity contribution in [3.63, 3.8) is 0 Å². The average Bonchev–Trinajstić information content (AvgIpc) is 3.35. The Hall–Kier alpha value is -2.97. The number of anilines is 1. The number of carbonyl (C=O) groups excluding carboxylic acids is 1. The maximum Gasteiger partial charge on any atom is 0.257 e. The van der Waals surface area contributed by atoms with E-state index in [-0.39, 0.29) is 5.91 Å². The number of halogens is 1. The third kappa shape index (κ3) is 4.08. The van der Waals surface area contributed by atoms with E-state index in [1.165, 1.54) is 11.3 Å². The fourth-order valence-corrected chi connectivity index (χ4v) is 4.08. The Kier molecular flexibility index (Phi) is 5.46. The van der Waals surface area contributed by atoms with Gasteiger partial charge in [-0.05, 0) is 59.3 Å². The summed E-state index contributed by atoms with van der Waals surface area (Å²) in [7, 11) is 1.64. The van der Waals surface area contributed by atoms with E-state index in [0.29, 0.717) is 16.5 Å². The molecule has 0 atom stereocenters. The Labute approximate surface area is 180 Å². The summed E-state index contributed by atoms with van der Waals surface area (Å²) in [6, 6.07) is 16.8. The van der Waals surface area contributed by atoms with Crippen LogP contribution in [0, 0.1) is 6.92 Å². The molecule has 0 aliphatic heterocycles. The van der Waals surface area contributed by atoms with E-state index in [1.807, 2.05) is 60.8 Å². The molecule has 146 valence electrons. The number of aromatic nitrogens is 3. The van der Waals surface area contributed by atoms with Crippen molar-refractivity contribution >= 4 is 39.0 Å². The minimum Gasteiger partial charge on any atom is -0.497 e. The van der Waals surface area contributed by atoms with Crippen LogP contribution < -0.4 is 10.1 Å². The van der Waals surface area contributed by atoms with Crippen LogP contribution in [-0.2, 0) is 0 Å². The Morgan fingerprint density at radius 2 is 1.93 bits per heavy atom. The SMILES string of the molecule is COc1ccc(-c2csc(-n3nc(C)cc3NC(=O)c3ccccc3Br)n2)cc1. The van der Waals surface area contributed by atoms with E-state index in [9.17, 15) is 4.79 Å². The van der Waals surface area contributed by atoms with E-state index in [0.717, 1.165) is 27.2 Å². The highest BCUT2D eigenvalue weighted by atomic mass is 79.9. The molecule has 0 radical (unpaired) electrons. The first-order chi connectivity index (χ1) is 14.0. The van der Waals surface area contributed by atoms with Gasteiger partial charge in [0.25, 0.3) is 5.91 Å². The molecule has 0 spiro atoms. The predicted molar refractivity (Wildman–Crippen MR) is 118 cm³/mol. The number of benzene rings is 2. The third-order valence-electron chi connectivity index (χ3n) is 4.25. The van der Waals surface area contributed by atoms with Crippen molar-refractivity contribution in [2.24, 2.45) is 0 Å². The summed E-state index contributed by atoms with van der Waals surface area (Å²) >= 11 is 4.87. The van der Waals surface area contributed by atoms with Crippen LogP contribution in [-0.4, -0.2) is 27.8 Å². The van der Waals surface area contributed by atoms with Gasteiger partial charge >= 0.3 is 0 Å². The predicted octanol–water partition coefficient (Wildman–Crippen LogP) is 5.33. The van der Waals surface area contributed by atoms with Gasteiger partial charge in [0.1, 0.15) is 11.6 Å². The molecule has 1 N–H and O–H groups in total. The normalized spacial score (nSPS) is 10.7. The van der Waals surface area contributed by atoms with Gasteiger partial charge in [0.15, 0.2) is 0 Å². The Morgan fingerprint density at radius 3 is 2.66 bits per heavy atom. The zero-order valence-electron chi connectivity index (χ0n) is 15.7. The second kappa shape index (κ2) is 8.18. The van der Waals surface area contributed by atoms with E-state index >= 15 is 0 Å². The summed E-state index contributed by atoms with van der Waals surface area (Å²) in [6.45, 7) is 1.88. The van der Waals surface area contributed by atoms with Crippen LogP contribution in [0.1, 0.15) is 16.1 Å². The molecule has 6 nitrogen and oxygen atoms in total. The molecule has 8 heteroatoms. The fraction of sp³-hybridized carbons (Fsp3) is 0.0952.